The molecule has 2 aromatic rings. The van der Waals surface area contributed by atoms with Gasteiger partial charge in [0.15, 0.2) is 0 Å². The summed E-state index contributed by atoms with van der Waals surface area (Å²) in [6, 6.07) is 10.1. The molecule has 1 atom stereocenters. The maximum Gasteiger partial charge on any atom is 0.0948 e. The molecular weight excluding hydrogens is 222 g/mol. The lowest BCUT2D eigenvalue weighted by atomic mass is 9.85. The zero-order valence-electron chi connectivity index (χ0n) is 10.5. The molecule has 18 heavy (non-hydrogen) atoms. The van der Waals surface area contributed by atoms with Crippen molar-refractivity contribution < 1.29 is 0 Å². The fraction of sp³-hybridized carbons (Fsp3) is 0.400. The number of nitrogens with two attached hydrogens (primary N) is 1. The quantitative estimate of drug-likeness (QED) is 0.894. The Kier molecular flexibility index (Phi) is 3.15. The Labute approximate surface area is 108 Å². The van der Waals surface area contributed by atoms with Crippen LogP contribution in [0.2, 0.25) is 0 Å². The normalized spacial score (nSPS) is 17.4. The van der Waals surface area contributed by atoms with Gasteiger partial charge in [-0.3, -0.25) is 0 Å². The Morgan fingerprint density at radius 2 is 2.06 bits per heavy atom. The van der Waals surface area contributed by atoms with Crippen LogP contribution in [0.25, 0.3) is 0 Å². The molecule has 1 unspecified atom stereocenters. The van der Waals surface area contributed by atoms with Crippen molar-refractivity contribution >= 4 is 0 Å². The molecule has 3 heteroatoms. The topological polar surface area (TPSA) is 43.8 Å². The van der Waals surface area contributed by atoms with Gasteiger partial charge >= 0.3 is 0 Å². The van der Waals surface area contributed by atoms with Crippen LogP contribution in [0.3, 0.4) is 0 Å². The largest absolute Gasteiger partial charge is 0.333 e. The number of imidazole rings is 1. The first-order valence-corrected chi connectivity index (χ1v) is 6.65. The third-order valence-electron chi connectivity index (χ3n) is 3.90. The van der Waals surface area contributed by atoms with Crippen molar-refractivity contribution in [2.75, 3.05) is 0 Å². The molecular formula is C15H19N3. The number of hydrogen-bond donors (Lipinski definition) is 1. The Bertz CT molecular complexity index is 499. The summed E-state index contributed by atoms with van der Waals surface area (Å²) in [6.45, 7) is 1.07. The van der Waals surface area contributed by atoms with E-state index in [9.17, 15) is 0 Å². The maximum atomic E-state index is 6.34. The first-order valence-electron chi connectivity index (χ1n) is 6.65. The van der Waals surface area contributed by atoms with Crippen LogP contribution < -0.4 is 5.73 Å². The first-order chi connectivity index (χ1) is 8.84. The summed E-state index contributed by atoms with van der Waals surface area (Å²) in [5.41, 5.74) is 8.60. The second-order valence-corrected chi connectivity index (χ2v) is 5.16. The van der Waals surface area contributed by atoms with Crippen LogP contribution in [0.1, 0.15) is 36.6 Å². The standard InChI is InChI=1S/C15H19N3/c16-15(13-7-2-1-3-8-13)14-9-17-11-18(14)10-12-5-4-6-12/h1-3,7-9,11-12,15H,4-6,10,16H2. The smallest absolute Gasteiger partial charge is 0.0948 e. The maximum absolute atomic E-state index is 6.34. The highest BCUT2D eigenvalue weighted by Crippen LogP contribution is 2.29. The van der Waals surface area contributed by atoms with Crippen LogP contribution in [-0.4, -0.2) is 9.55 Å². The van der Waals surface area contributed by atoms with E-state index in [-0.39, 0.29) is 6.04 Å². The van der Waals surface area contributed by atoms with Crippen molar-refractivity contribution in [2.45, 2.75) is 31.8 Å². The predicted molar refractivity (Wildman–Crippen MR) is 72.0 cm³/mol. The monoisotopic (exact) mass is 241 g/mol. The van der Waals surface area contributed by atoms with E-state index in [0.29, 0.717) is 0 Å². The molecule has 0 bridgehead atoms. The van der Waals surface area contributed by atoms with Crippen LogP contribution in [-0.2, 0) is 6.54 Å². The van der Waals surface area contributed by atoms with Gasteiger partial charge in [-0.2, -0.15) is 0 Å². The molecule has 94 valence electrons. The summed E-state index contributed by atoms with van der Waals surface area (Å²) >= 11 is 0. The average molecular weight is 241 g/mol. The Morgan fingerprint density at radius 1 is 1.28 bits per heavy atom. The molecule has 0 aliphatic heterocycles. The minimum atomic E-state index is -0.0752. The predicted octanol–water partition coefficient (Wildman–Crippen LogP) is 2.73. The van der Waals surface area contributed by atoms with Crippen LogP contribution in [0.4, 0.5) is 0 Å². The molecule has 0 saturated heterocycles. The minimum absolute atomic E-state index is 0.0752. The first kappa shape index (κ1) is 11.5. The second-order valence-electron chi connectivity index (χ2n) is 5.16. The highest BCUT2D eigenvalue weighted by atomic mass is 15.1. The molecule has 2 N–H and O–H groups in total. The van der Waals surface area contributed by atoms with E-state index >= 15 is 0 Å². The summed E-state index contributed by atoms with van der Waals surface area (Å²) in [7, 11) is 0. The van der Waals surface area contributed by atoms with Crippen LogP contribution in [0, 0.1) is 5.92 Å². The van der Waals surface area contributed by atoms with Gasteiger partial charge in [0.25, 0.3) is 0 Å². The van der Waals surface area contributed by atoms with Crippen molar-refractivity contribution in [1.82, 2.24) is 9.55 Å². The number of hydrogen-bond acceptors (Lipinski definition) is 2. The summed E-state index contributed by atoms with van der Waals surface area (Å²) < 4.78 is 2.22. The molecule has 3 nitrogen and oxygen atoms in total. The highest BCUT2D eigenvalue weighted by molar-refractivity contribution is 5.26. The van der Waals surface area contributed by atoms with E-state index in [1.807, 2.05) is 30.7 Å². The Hall–Kier alpha value is -1.61. The van der Waals surface area contributed by atoms with Crippen molar-refractivity contribution in [2.24, 2.45) is 11.7 Å². The average Bonchev–Trinajstić information content (AvgIpc) is 2.82. The lowest BCUT2D eigenvalue weighted by Crippen LogP contribution is -2.22. The van der Waals surface area contributed by atoms with E-state index in [4.69, 9.17) is 5.73 Å². The molecule has 3 rings (SSSR count). The van der Waals surface area contributed by atoms with Gasteiger partial charge in [-0.25, -0.2) is 4.98 Å². The summed E-state index contributed by atoms with van der Waals surface area (Å²) in [5.74, 6) is 0.820. The van der Waals surface area contributed by atoms with E-state index in [0.717, 1.165) is 23.7 Å². The molecule has 1 heterocycles. The van der Waals surface area contributed by atoms with Gasteiger partial charge in [0.1, 0.15) is 0 Å². The molecule has 0 radical (unpaired) electrons. The SMILES string of the molecule is NC(c1ccccc1)c1cncn1CC1CCC1. The van der Waals surface area contributed by atoms with Gasteiger partial charge in [0, 0.05) is 6.54 Å². The van der Waals surface area contributed by atoms with Gasteiger partial charge in [0.2, 0.25) is 0 Å². The van der Waals surface area contributed by atoms with Gasteiger partial charge in [-0.1, -0.05) is 36.8 Å². The van der Waals surface area contributed by atoms with E-state index in [1.165, 1.54) is 19.3 Å². The van der Waals surface area contributed by atoms with Crippen LogP contribution in [0.5, 0.6) is 0 Å². The fourth-order valence-corrected chi connectivity index (χ4v) is 2.53. The summed E-state index contributed by atoms with van der Waals surface area (Å²) in [5, 5.41) is 0. The zero-order chi connectivity index (χ0) is 12.4. The molecule has 1 aromatic heterocycles. The highest BCUT2D eigenvalue weighted by Gasteiger charge is 2.20. The van der Waals surface area contributed by atoms with E-state index in [1.54, 1.807) is 0 Å². The van der Waals surface area contributed by atoms with Crippen molar-refractivity contribution in [3.8, 4) is 0 Å². The van der Waals surface area contributed by atoms with Crippen molar-refractivity contribution in [3.63, 3.8) is 0 Å². The van der Waals surface area contributed by atoms with E-state index < -0.39 is 0 Å². The third kappa shape index (κ3) is 2.18. The van der Waals surface area contributed by atoms with Crippen molar-refractivity contribution in [3.05, 3.63) is 54.1 Å². The lowest BCUT2D eigenvalue weighted by Gasteiger charge is -2.27. The summed E-state index contributed by atoms with van der Waals surface area (Å²) in [6.07, 6.45) is 7.88. The molecule has 0 spiro atoms. The second kappa shape index (κ2) is 4.94. The Balaban J connectivity index is 1.81. The fourth-order valence-electron chi connectivity index (χ4n) is 2.53. The third-order valence-corrected chi connectivity index (χ3v) is 3.90. The van der Waals surface area contributed by atoms with Crippen molar-refractivity contribution in [1.29, 1.82) is 0 Å². The lowest BCUT2D eigenvalue weighted by molar-refractivity contribution is 0.273. The van der Waals surface area contributed by atoms with E-state index in [2.05, 4.69) is 21.7 Å². The molecule has 1 aliphatic rings. The molecule has 1 fully saturated rings. The van der Waals surface area contributed by atoms with Gasteiger partial charge in [-0.15, -0.1) is 0 Å². The molecule has 1 aliphatic carbocycles. The zero-order valence-corrected chi connectivity index (χ0v) is 10.5. The van der Waals surface area contributed by atoms with Crippen LogP contribution >= 0.6 is 0 Å². The summed E-state index contributed by atoms with van der Waals surface area (Å²) in [4.78, 5) is 4.26. The van der Waals surface area contributed by atoms with Crippen LogP contribution in [0.15, 0.2) is 42.9 Å². The minimum Gasteiger partial charge on any atom is -0.333 e. The van der Waals surface area contributed by atoms with Gasteiger partial charge in [-0.05, 0) is 24.3 Å². The number of aromatic nitrogens is 2. The molecule has 1 aromatic carbocycles. The number of benzene rings is 1. The Morgan fingerprint density at radius 3 is 2.72 bits per heavy atom. The van der Waals surface area contributed by atoms with Gasteiger partial charge < -0.3 is 10.3 Å². The molecule has 1 saturated carbocycles. The number of rotatable bonds is 4. The molecule has 0 amide bonds. The number of nitrogens with zero attached hydrogens (tertiary/aromatic N) is 2. The van der Waals surface area contributed by atoms with Gasteiger partial charge in [0.05, 0.1) is 24.3 Å².